The Hall–Kier alpha value is -1.91. The lowest BCUT2D eigenvalue weighted by Gasteiger charge is -2.09. The molecule has 1 aromatic carbocycles. The van der Waals surface area contributed by atoms with Gasteiger partial charge in [-0.3, -0.25) is 0 Å². The molecule has 0 fully saturated rings. The number of halogens is 2. The van der Waals surface area contributed by atoms with Gasteiger partial charge in [-0.1, -0.05) is 0 Å². The topological polar surface area (TPSA) is 43.8 Å². The fourth-order valence-electron chi connectivity index (χ4n) is 1.70. The fourth-order valence-corrected chi connectivity index (χ4v) is 1.70. The average Bonchev–Trinajstić information content (AvgIpc) is 2.58. The van der Waals surface area contributed by atoms with E-state index < -0.39 is 11.6 Å². The van der Waals surface area contributed by atoms with Crippen LogP contribution < -0.4 is 5.73 Å². The smallest absolute Gasteiger partial charge is 0.131 e. The van der Waals surface area contributed by atoms with Gasteiger partial charge < -0.3 is 10.3 Å². The lowest BCUT2D eigenvalue weighted by Crippen LogP contribution is -2.04. The highest BCUT2D eigenvalue weighted by molar-refractivity contribution is 5.70. The first-order chi connectivity index (χ1) is 7.99. The van der Waals surface area contributed by atoms with Crippen molar-refractivity contribution in [2.45, 2.75) is 19.9 Å². The van der Waals surface area contributed by atoms with Gasteiger partial charge in [0.2, 0.25) is 0 Å². The zero-order valence-electron chi connectivity index (χ0n) is 9.61. The van der Waals surface area contributed by atoms with Crippen molar-refractivity contribution in [1.29, 1.82) is 0 Å². The SMILES string of the molecule is CC(C)n1cnc(-c2cc(F)cc(F)c2)c1N. The first kappa shape index (κ1) is 11.6. The molecule has 0 amide bonds. The number of imidazole rings is 1. The van der Waals surface area contributed by atoms with Crippen LogP contribution >= 0.6 is 0 Å². The van der Waals surface area contributed by atoms with Gasteiger partial charge in [0.05, 0.1) is 6.33 Å². The maximum atomic E-state index is 13.1. The summed E-state index contributed by atoms with van der Waals surface area (Å²) in [6, 6.07) is 3.40. The normalized spacial score (nSPS) is 11.1. The van der Waals surface area contributed by atoms with E-state index in [9.17, 15) is 8.78 Å². The van der Waals surface area contributed by atoms with Crippen LogP contribution in [0, 0.1) is 11.6 Å². The molecular weight excluding hydrogens is 224 g/mol. The highest BCUT2D eigenvalue weighted by Gasteiger charge is 2.13. The predicted octanol–water partition coefficient (Wildman–Crippen LogP) is 2.99. The molecule has 2 aromatic rings. The van der Waals surface area contributed by atoms with Crippen LogP contribution in [-0.2, 0) is 0 Å². The van der Waals surface area contributed by atoms with E-state index in [1.165, 1.54) is 12.1 Å². The molecule has 0 aliphatic heterocycles. The van der Waals surface area contributed by atoms with Crippen LogP contribution in [0.3, 0.4) is 0 Å². The molecule has 0 aliphatic rings. The summed E-state index contributed by atoms with van der Waals surface area (Å²) < 4.78 is 27.9. The maximum absolute atomic E-state index is 13.1. The summed E-state index contributed by atoms with van der Waals surface area (Å²) in [5.74, 6) is -0.873. The molecule has 0 bridgehead atoms. The monoisotopic (exact) mass is 237 g/mol. The van der Waals surface area contributed by atoms with Gasteiger partial charge in [0.1, 0.15) is 23.1 Å². The largest absolute Gasteiger partial charge is 0.383 e. The van der Waals surface area contributed by atoms with Gasteiger partial charge in [-0.2, -0.15) is 0 Å². The van der Waals surface area contributed by atoms with Crippen molar-refractivity contribution in [1.82, 2.24) is 9.55 Å². The van der Waals surface area contributed by atoms with Crippen molar-refractivity contribution in [2.75, 3.05) is 5.73 Å². The van der Waals surface area contributed by atoms with E-state index in [2.05, 4.69) is 4.98 Å². The van der Waals surface area contributed by atoms with Crippen LogP contribution in [0.1, 0.15) is 19.9 Å². The number of aromatic nitrogens is 2. The lowest BCUT2D eigenvalue weighted by molar-refractivity contribution is 0.584. The number of nitrogens with two attached hydrogens (primary N) is 1. The Morgan fingerprint density at radius 3 is 2.24 bits per heavy atom. The number of anilines is 1. The number of hydrogen-bond acceptors (Lipinski definition) is 2. The van der Waals surface area contributed by atoms with Crippen LogP contribution in [-0.4, -0.2) is 9.55 Å². The Kier molecular flexibility index (Phi) is 2.83. The Morgan fingerprint density at radius 2 is 1.76 bits per heavy atom. The van der Waals surface area contributed by atoms with Crippen LogP contribution in [0.4, 0.5) is 14.6 Å². The third-order valence-electron chi connectivity index (χ3n) is 2.52. The van der Waals surface area contributed by atoms with Gasteiger partial charge in [-0.25, -0.2) is 13.8 Å². The lowest BCUT2D eigenvalue weighted by atomic mass is 10.1. The summed E-state index contributed by atoms with van der Waals surface area (Å²) >= 11 is 0. The van der Waals surface area contributed by atoms with Crippen LogP contribution in [0.2, 0.25) is 0 Å². The van der Waals surface area contributed by atoms with Crippen molar-refractivity contribution in [3.63, 3.8) is 0 Å². The molecule has 0 spiro atoms. The standard InChI is InChI=1S/C12H13F2N3/c1-7(2)17-6-16-11(12(17)15)8-3-9(13)5-10(14)4-8/h3-7H,15H2,1-2H3. The van der Waals surface area contributed by atoms with Gasteiger partial charge in [0.15, 0.2) is 0 Å². The van der Waals surface area contributed by atoms with Crippen LogP contribution in [0.5, 0.6) is 0 Å². The van der Waals surface area contributed by atoms with E-state index in [0.29, 0.717) is 17.1 Å². The third kappa shape index (κ3) is 2.13. The second kappa shape index (κ2) is 4.16. The molecule has 5 heteroatoms. The number of benzene rings is 1. The molecule has 2 N–H and O–H groups in total. The average molecular weight is 237 g/mol. The molecule has 0 atom stereocenters. The van der Waals surface area contributed by atoms with Crippen molar-refractivity contribution < 1.29 is 8.78 Å². The summed E-state index contributed by atoms with van der Waals surface area (Å²) in [5.41, 5.74) is 6.64. The van der Waals surface area contributed by atoms with Crippen molar-refractivity contribution >= 4 is 5.82 Å². The Morgan fingerprint density at radius 1 is 1.18 bits per heavy atom. The summed E-state index contributed by atoms with van der Waals surface area (Å²) in [4.78, 5) is 4.09. The van der Waals surface area contributed by atoms with Gasteiger partial charge in [0, 0.05) is 17.7 Å². The van der Waals surface area contributed by atoms with Crippen molar-refractivity contribution in [2.24, 2.45) is 0 Å². The summed E-state index contributed by atoms with van der Waals surface area (Å²) in [7, 11) is 0. The van der Waals surface area contributed by atoms with Crippen molar-refractivity contribution in [3.8, 4) is 11.3 Å². The quantitative estimate of drug-likeness (QED) is 0.872. The van der Waals surface area contributed by atoms with Gasteiger partial charge in [-0.05, 0) is 26.0 Å². The molecule has 0 saturated heterocycles. The van der Waals surface area contributed by atoms with E-state index in [4.69, 9.17) is 5.73 Å². The van der Waals surface area contributed by atoms with Crippen LogP contribution in [0.25, 0.3) is 11.3 Å². The molecule has 0 saturated carbocycles. The van der Waals surface area contributed by atoms with Gasteiger partial charge in [0.25, 0.3) is 0 Å². The zero-order chi connectivity index (χ0) is 12.6. The molecule has 0 radical (unpaired) electrons. The van der Waals surface area contributed by atoms with E-state index in [0.717, 1.165) is 6.07 Å². The van der Waals surface area contributed by atoms with E-state index in [1.54, 1.807) is 10.9 Å². The Balaban J connectivity index is 2.53. The minimum atomic E-state index is -0.640. The first-order valence-electron chi connectivity index (χ1n) is 5.28. The molecule has 3 nitrogen and oxygen atoms in total. The highest BCUT2D eigenvalue weighted by atomic mass is 19.1. The second-order valence-corrected chi connectivity index (χ2v) is 4.14. The fraction of sp³-hybridized carbons (Fsp3) is 0.250. The molecular formula is C12H13F2N3. The van der Waals surface area contributed by atoms with Crippen molar-refractivity contribution in [3.05, 3.63) is 36.2 Å². The Labute approximate surface area is 97.9 Å². The molecule has 0 unspecified atom stereocenters. The molecule has 1 heterocycles. The zero-order valence-corrected chi connectivity index (χ0v) is 9.61. The highest BCUT2D eigenvalue weighted by Crippen LogP contribution is 2.27. The number of nitrogens with zero attached hydrogens (tertiary/aromatic N) is 2. The number of rotatable bonds is 2. The third-order valence-corrected chi connectivity index (χ3v) is 2.52. The first-order valence-corrected chi connectivity index (χ1v) is 5.28. The summed E-state index contributed by atoms with van der Waals surface area (Å²) in [6.07, 6.45) is 1.57. The van der Waals surface area contributed by atoms with E-state index >= 15 is 0 Å². The number of hydrogen-bond donors (Lipinski definition) is 1. The summed E-state index contributed by atoms with van der Waals surface area (Å²) in [5, 5.41) is 0. The molecule has 1 aromatic heterocycles. The van der Waals surface area contributed by atoms with E-state index in [-0.39, 0.29) is 6.04 Å². The molecule has 90 valence electrons. The maximum Gasteiger partial charge on any atom is 0.131 e. The minimum absolute atomic E-state index is 0.148. The second-order valence-electron chi connectivity index (χ2n) is 4.14. The van der Waals surface area contributed by atoms with Gasteiger partial charge in [-0.15, -0.1) is 0 Å². The molecule has 2 rings (SSSR count). The molecule has 0 aliphatic carbocycles. The Bertz CT molecular complexity index is 526. The predicted molar refractivity (Wildman–Crippen MR) is 62.4 cm³/mol. The minimum Gasteiger partial charge on any atom is -0.383 e. The molecule has 17 heavy (non-hydrogen) atoms. The van der Waals surface area contributed by atoms with E-state index in [1.807, 2.05) is 13.8 Å². The number of nitrogen functional groups attached to an aromatic ring is 1. The van der Waals surface area contributed by atoms with Crippen LogP contribution in [0.15, 0.2) is 24.5 Å². The summed E-state index contributed by atoms with van der Waals surface area (Å²) in [6.45, 7) is 3.90. The van der Waals surface area contributed by atoms with Gasteiger partial charge >= 0.3 is 0 Å².